The fourth-order valence-electron chi connectivity index (χ4n) is 4.32. The number of benzene rings is 1. The Morgan fingerprint density at radius 1 is 1.00 bits per heavy atom. The van der Waals surface area contributed by atoms with Crippen molar-refractivity contribution in [3.8, 4) is 11.1 Å². The normalized spacial score (nSPS) is 24.3. The maximum Gasteiger partial charge on any atom is 0.176 e. The number of aryl methyl sites for hydroxylation is 1. The molecule has 0 spiro atoms. The number of pyridine rings is 1. The molecule has 1 aromatic heterocycles. The minimum Gasteiger partial charge on any atom is -0.205 e. The van der Waals surface area contributed by atoms with Gasteiger partial charge in [-0.15, -0.1) is 0 Å². The molecule has 2 unspecified atom stereocenters. The van der Waals surface area contributed by atoms with E-state index in [2.05, 4.69) is 61.1 Å². The van der Waals surface area contributed by atoms with Crippen LogP contribution in [0.25, 0.3) is 11.1 Å². The minimum atomic E-state index is 0.780. The van der Waals surface area contributed by atoms with Crippen LogP contribution in [0, 0.1) is 0 Å². The standard InChI is InChI=1S/C21H27BN/c1-15-21(22-15)20-12-11-19(14-23(20)2)18-10-6-9-17(13-18)16-7-4-3-5-8-16/h6,9-16,21-22H,3-5,7-8H2,1-2H3/q+1. The van der Waals surface area contributed by atoms with Crippen LogP contribution in [0.5, 0.6) is 0 Å². The van der Waals surface area contributed by atoms with E-state index >= 15 is 0 Å². The number of hydrogen-bond donors (Lipinski definition) is 0. The Balaban J connectivity index is 1.61. The van der Waals surface area contributed by atoms with Gasteiger partial charge in [0.2, 0.25) is 0 Å². The van der Waals surface area contributed by atoms with Crippen LogP contribution >= 0.6 is 0 Å². The lowest BCUT2D eigenvalue weighted by Gasteiger charge is -2.22. The summed E-state index contributed by atoms with van der Waals surface area (Å²) >= 11 is 0. The van der Waals surface area contributed by atoms with Gasteiger partial charge in [-0.1, -0.05) is 56.3 Å². The Kier molecular flexibility index (Phi) is 4.01. The van der Waals surface area contributed by atoms with Crippen LogP contribution in [0.15, 0.2) is 42.6 Å². The molecule has 4 rings (SSSR count). The molecule has 118 valence electrons. The predicted molar refractivity (Wildman–Crippen MR) is 98.2 cm³/mol. The first-order chi connectivity index (χ1) is 11.2. The third-order valence-electron chi connectivity index (χ3n) is 5.96. The highest BCUT2D eigenvalue weighted by molar-refractivity contribution is 6.53. The summed E-state index contributed by atoms with van der Waals surface area (Å²) in [6, 6.07) is 13.9. The molecule has 1 saturated carbocycles. The van der Waals surface area contributed by atoms with E-state index in [4.69, 9.17) is 0 Å². The SMILES string of the molecule is CC1BC1c1ccc(-c2cccc(C3CCCCC3)c2)c[n+]1C. The first kappa shape index (κ1) is 15.0. The van der Waals surface area contributed by atoms with Crippen molar-refractivity contribution < 1.29 is 4.57 Å². The molecular formula is C21H27BN+. The van der Waals surface area contributed by atoms with E-state index in [0.717, 1.165) is 17.6 Å². The van der Waals surface area contributed by atoms with Crippen molar-refractivity contribution >= 4 is 7.28 Å². The van der Waals surface area contributed by atoms with Crippen LogP contribution in [0.2, 0.25) is 5.82 Å². The fraction of sp³-hybridized carbons (Fsp3) is 0.476. The van der Waals surface area contributed by atoms with E-state index in [9.17, 15) is 0 Å². The lowest BCUT2D eigenvalue weighted by Crippen LogP contribution is -2.33. The molecule has 1 nitrogen and oxygen atoms in total. The summed E-state index contributed by atoms with van der Waals surface area (Å²) in [5, 5.41) is 0. The average Bonchev–Trinajstić information content (AvgIpc) is 3.32. The van der Waals surface area contributed by atoms with Gasteiger partial charge < -0.3 is 0 Å². The van der Waals surface area contributed by atoms with Gasteiger partial charge in [-0.25, -0.2) is 4.57 Å². The molecule has 2 aromatic rings. The third kappa shape index (κ3) is 3.09. The molecule has 0 amide bonds. The van der Waals surface area contributed by atoms with E-state index in [1.54, 1.807) is 5.56 Å². The predicted octanol–water partition coefficient (Wildman–Crippen LogP) is 4.53. The van der Waals surface area contributed by atoms with Crippen LogP contribution < -0.4 is 4.57 Å². The highest BCUT2D eigenvalue weighted by Crippen LogP contribution is 2.42. The molecule has 0 N–H and O–H groups in total. The molecule has 1 aromatic carbocycles. The van der Waals surface area contributed by atoms with Crippen LogP contribution in [0.3, 0.4) is 0 Å². The zero-order chi connectivity index (χ0) is 15.8. The average molecular weight is 304 g/mol. The van der Waals surface area contributed by atoms with E-state index < -0.39 is 0 Å². The smallest absolute Gasteiger partial charge is 0.176 e. The van der Waals surface area contributed by atoms with E-state index in [0.29, 0.717) is 0 Å². The Bertz CT molecular complexity index is 703. The number of rotatable bonds is 3. The van der Waals surface area contributed by atoms with Gasteiger partial charge in [0.15, 0.2) is 11.9 Å². The topological polar surface area (TPSA) is 3.88 Å². The van der Waals surface area contributed by atoms with Gasteiger partial charge in [0.1, 0.15) is 14.3 Å². The number of nitrogens with zero attached hydrogens (tertiary/aromatic N) is 1. The molecule has 1 aliphatic heterocycles. The highest BCUT2D eigenvalue weighted by atomic mass is 14.9. The first-order valence-corrected chi connectivity index (χ1v) is 9.32. The third-order valence-corrected chi connectivity index (χ3v) is 5.96. The molecule has 1 saturated heterocycles. The summed E-state index contributed by atoms with van der Waals surface area (Å²) in [4.78, 5) is 0. The summed E-state index contributed by atoms with van der Waals surface area (Å²) in [5.41, 5.74) is 5.76. The summed E-state index contributed by atoms with van der Waals surface area (Å²) < 4.78 is 2.34. The number of hydrogen-bond acceptors (Lipinski definition) is 0. The lowest BCUT2D eigenvalue weighted by atomic mass is 9.83. The molecule has 2 atom stereocenters. The Morgan fingerprint density at radius 2 is 1.78 bits per heavy atom. The minimum absolute atomic E-state index is 0.780. The fourth-order valence-corrected chi connectivity index (χ4v) is 4.32. The van der Waals surface area contributed by atoms with Crippen LogP contribution in [-0.4, -0.2) is 7.28 Å². The second kappa shape index (κ2) is 6.15. The van der Waals surface area contributed by atoms with Crippen LogP contribution in [0.4, 0.5) is 0 Å². The van der Waals surface area contributed by atoms with Gasteiger partial charge >= 0.3 is 0 Å². The van der Waals surface area contributed by atoms with Gasteiger partial charge in [0.25, 0.3) is 0 Å². The van der Waals surface area contributed by atoms with Crippen molar-refractivity contribution in [3.63, 3.8) is 0 Å². The van der Waals surface area contributed by atoms with Gasteiger partial charge in [0.05, 0.1) is 0 Å². The van der Waals surface area contributed by atoms with Crippen molar-refractivity contribution in [3.05, 3.63) is 53.9 Å². The van der Waals surface area contributed by atoms with Crippen molar-refractivity contribution in [2.75, 3.05) is 0 Å². The zero-order valence-electron chi connectivity index (χ0n) is 14.5. The van der Waals surface area contributed by atoms with Crippen LogP contribution in [0.1, 0.15) is 62.0 Å². The maximum atomic E-state index is 2.44. The monoisotopic (exact) mass is 304 g/mol. The summed E-state index contributed by atoms with van der Waals surface area (Å²) in [7, 11) is 3.55. The summed E-state index contributed by atoms with van der Waals surface area (Å²) in [6.45, 7) is 2.35. The summed E-state index contributed by atoms with van der Waals surface area (Å²) in [5.74, 6) is 2.42. The van der Waals surface area contributed by atoms with Crippen molar-refractivity contribution in [1.82, 2.24) is 0 Å². The zero-order valence-corrected chi connectivity index (χ0v) is 14.5. The van der Waals surface area contributed by atoms with E-state index in [-0.39, 0.29) is 0 Å². The van der Waals surface area contributed by atoms with Crippen molar-refractivity contribution in [2.24, 2.45) is 7.05 Å². The van der Waals surface area contributed by atoms with Gasteiger partial charge in [-0.05, 0) is 36.0 Å². The van der Waals surface area contributed by atoms with Crippen molar-refractivity contribution in [1.29, 1.82) is 0 Å². The molecular weight excluding hydrogens is 277 g/mol. The quantitative estimate of drug-likeness (QED) is 0.579. The molecule has 2 heteroatoms. The second-order valence-electron chi connectivity index (χ2n) is 7.73. The lowest BCUT2D eigenvalue weighted by molar-refractivity contribution is -0.678. The molecule has 2 fully saturated rings. The van der Waals surface area contributed by atoms with Crippen molar-refractivity contribution in [2.45, 2.75) is 56.6 Å². The molecule has 2 aliphatic rings. The van der Waals surface area contributed by atoms with Gasteiger partial charge in [0, 0.05) is 17.4 Å². The first-order valence-electron chi connectivity index (χ1n) is 9.32. The maximum absolute atomic E-state index is 2.44. The van der Waals surface area contributed by atoms with Gasteiger partial charge in [-0.3, -0.25) is 0 Å². The largest absolute Gasteiger partial charge is 0.205 e. The Labute approximate surface area is 141 Å². The van der Waals surface area contributed by atoms with Crippen LogP contribution in [-0.2, 0) is 7.05 Å². The molecule has 1 aliphatic carbocycles. The highest BCUT2D eigenvalue weighted by Gasteiger charge is 2.41. The Hall–Kier alpha value is -1.57. The molecule has 0 radical (unpaired) electrons. The summed E-state index contributed by atoms with van der Waals surface area (Å²) in [6.07, 6.45) is 9.29. The molecule has 23 heavy (non-hydrogen) atoms. The molecule has 2 heterocycles. The van der Waals surface area contributed by atoms with Gasteiger partial charge in [-0.2, -0.15) is 0 Å². The Morgan fingerprint density at radius 3 is 2.48 bits per heavy atom. The number of aromatic nitrogens is 1. The van der Waals surface area contributed by atoms with E-state index in [1.807, 2.05) is 0 Å². The van der Waals surface area contributed by atoms with E-state index in [1.165, 1.54) is 56.2 Å². The second-order valence-corrected chi connectivity index (χ2v) is 7.73. The molecule has 0 bridgehead atoms.